The average Bonchev–Trinajstić information content (AvgIpc) is 4.12. The fraction of sp³-hybridized carbons (Fsp3) is 0.467. The molecule has 316 valence electrons. The molecule has 0 aliphatic carbocycles. The normalized spacial score (nSPS) is 19.0. The molecule has 2 aromatic heterocycles. The summed E-state index contributed by atoms with van der Waals surface area (Å²) in [5.74, 6) is 7.32. The summed E-state index contributed by atoms with van der Waals surface area (Å²) < 4.78 is 15.2. The highest BCUT2D eigenvalue weighted by molar-refractivity contribution is 5.87. The van der Waals surface area contributed by atoms with E-state index >= 15 is 0 Å². The van der Waals surface area contributed by atoms with E-state index in [2.05, 4.69) is 50.6 Å². The lowest BCUT2D eigenvalue weighted by Crippen LogP contribution is -2.53. The number of amides is 4. The van der Waals surface area contributed by atoms with Gasteiger partial charge in [0.05, 0.1) is 50.1 Å². The van der Waals surface area contributed by atoms with Gasteiger partial charge in [0.25, 0.3) is 0 Å². The number of ether oxygens (including phenoxy) is 3. The highest BCUT2D eigenvalue weighted by Crippen LogP contribution is 2.36. The van der Waals surface area contributed by atoms with Gasteiger partial charge in [-0.3, -0.25) is 9.59 Å². The fourth-order valence-corrected chi connectivity index (χ4v) is 8.64. The number of likely N-dealkylation sites (tertiary alicyclic amines) is 2. The van der Waals surface area contributed by atoms with Crippen LogP contribution in [0.1, 0.15) is 88.6 Å². The zero-order valence-electron chi connectivity index (χ0n) is 34.9. The summed E-state index contributed by atoms with van der Waals surface area (Å²) in [6.45, 7) is 7.87. The molecule has 0 bridgehead atoms. The Bertz CT molecular complexity index is 2230. The standard InChI is InChI=1S/C45H54N8O7/c1-6-9-31-24-32(35-26-47-41(49-35)36-10-7-20-52(36)42(54)38(27(2)3)50-44(56)58-4)16-17-33(31)28-12-14-29(15-13-28)34-25-46-40(48-34)37-11-8-21-53(37)43(55)39(51-45(57)59-5)30-18-22-60-23-19-30/h12-17,24-27,30,36-39H,7-8,10-11,18-23H2,1-5H3,(H,46,48)(H,47,49)(H,50,56)(H,51,57)/t36-,37-,38-,39-/m0/s1. The molecule has 0 unspecified atom stereocenters. The van der Waals surface area contributed by atoms with Gasteiger partial charge in [-0.25, -0.2) is 19.6 Å². The second-order valence-electron chi connectivity index (χ2n) is 15.9. The van der Waals surface area contributed by atoms with Crippen molar-refractivity contribution < 1.29 is 33.4 Å². The van der Waals surface area contributed by atoms with E-state index in [4.69, 9.17) is 24.2 Å². The van der Waals surface area contributed by atoms with Gasteiger partial charge in [-0.1, -0.05) is 56.2 Å². The summed E-state index contributed by atoms with van der Waals surface area (Å²) in [5, 5.41) is 5.51. The Labute approximate surface area is 350 Å². The van der Waals surface area contributed by atoms with Crippen LogP contribution < -0.4 is 10.6 Å². The monoisotopic (exact) mass is 818 g/mol. The second kappa shape index (κ2) is 18.8. The van der Waals surface area contributed by atoms with Crippen LogP contribution in [-0.4, -0.2) is 106 Å². The number of methoxy groups -OCH3 is 2. The maximum atomic E-state index is 14.0. The number of carbonyl (C=O) groups is 4. The number of benzene rings is 2. The van der Waals surface area contributed by atoms with Gasteiger partial charge in [0.1, 0.15) is 23.7 Å². The summed E-state index contributed by atoms with van der Waals surface area (Å²) >= 11 is 0. The summed E-state index contributed by atoms with van der Waals surface area (Å²) in [4.78, 5) is 72.0. The Morgan fingerprint density at radius 2 is 1.32 bits per heavy atom. The number of rotatable bonds is 11. The lowest BCUT2D eigenvalue weighted by Gasteiger charge is -2.34. The molecule has 3 aliphatic heterocycles. The number of imidazole rings is 2. The number of hydrogen-bond acceptors (Lipinski definition) is 9. The van der Waals surface area contributed by atoms with Gasteiger partial charge in [0.15, 0.2) is 0 Å². The Hall–Kier alpha value is -6.14. The van der Waals surface area contributed by atoms with Crippen molar-refractivity contribution in [1.82, 2.24) is 40.4 Å². The van der Waals surface area contributed by atoms with Gasteiger partial charge >= 0.3 is 12.2 Å². The van der Waals surface area contributed by atoms with E-state index in [9.17, 15) is 19.2 Å². The highest BCUT2D eigenvalue weighted by Gasteiger charge is 2.40. The molecule has 3 fully saturated rings. The van der Waals surface area contributed by atoms with Crippen molar-refractivity contribution in [3.8, 4) is 45.5 Å². The lowest BCUT2D eigenvalue weighted by atomic mass is 9.90. The molecule has 4 atom stereocenters. The maximum Gasteiger partial charge on any atom is 0.407 e. The van der Waals surface area contributed by atoms with E-state index in [0.717, 1.165) is 64.9 Å². The minimum absolute atomic E-state index is 0.0369. The first-order chi connectivity index (χ1) is 29.1. The molecule has 3 saturated heterocycles. The van der Waals surface area contributed by atoms with Crippen LogP contribution in [0.3, 0.4) is 0 Å². The molecule has 0 spiro atoms. The number of aromatic nitrogens is 4. The summed E-state index contributed by atoms with van der Waals surface area (Å²) in [6, 6.07) is 12.5. The van der Waals surface area contributed by atoms with E-state index < -0.39 is 24.3 Å². The van der Waals surface area contributed by atoms with Crippen molar-refractivity contribution in [2.45, 2.75) is 83.5 Å². The van der Waals surface area contributed by atoms with Crippen molar-refractivity contribution in [2.75, 3.05) is 40.5 Å². The third-order valence-corrected chi connectivity index (χ3v) is 11.8. The Kier molecular flexibility index (Phi) is 13.2. The lowest BCUT2D eigenvalue weighted by molar-refractivity contribution is -0.137. The molecular formula is C45H54N8O7. The SMILES string of the molecule is CC#Cc1cc(-c2cnc([C@@H]3CCCN3C(=O)[C@@H](NC(=O)OC)C(C)C)[nH]2)ccc1-c1ccc(-c2cnc([C@@H]3CCCN3C(=O)[C@@H](NC(=O)OC)C3CCOCC3)[nH]2)cc1. The van der Waals surface area contributed by atoms with E-state index in [0.29, 0.717) is 50.8 Å². The molecule has 0 saturated carbocycles. The first-order valence-electron chi connectivity index (χ1n) is 20.8. The van der Waals surface area contributed by atoms with Crippen LogP contribution in [0.4, 0.5) is 9.59 Å². The molecule has 5 heterocycles. The molecule has 7 rings (SSSR count). The molecule has 4 amide bonds. The number of carbonyl (C=O) groups excluding carboxylic acids is 4. The van der Waals surface area contributed by atoms with Crippen molar-refractivity contribution in [3.63, 3.8) is 0 Å². The van der Waals surface area contributed by atoms with Crippen LogP contribution >= 0.6 is 0 Å². The van der Waals surface area contributed by atoms with Crippen LogP contribution in [-0.2, 0) is 23.8 Å². The third-order valence-electron chi connectivity index (χ3n) is 11.8. The minimum atomic E-state index is -0.707. The van der Waals surface area contributed by atoms with Crippen molar-refractivity contribution in [3.05, 3.63) is 72.1 Å². The Morgan fingerprint density at radius 3 is 1.90 bits per heavy atom. The van der Waals surface area contributed by atoms with E-state index in [1.54, 1.807) is 17.3 Å². The van der Waals surface area contributed by atoms with Gasteiger partial charge in [0, 0.05) is 37.4 Å². The first kappa shape index (κ1) is 42.0. The molecule has 4 N–H and O–H groups in total. The number of H-pyrrole nitrogens is 2. The predicted octanol–water partition coefficient (Wildman–Crippen LogP) is 6.36. The van der Waals surface area contributed by atoms with Crippen LogP contribution in [0.5, 0.6) is 0 Å². The van der Waals surface area contributed by atoms with Crippen molar-refractivity contribution >= 4 is 24.0 Å². The number of hydrogen-bond donors (Lipinski definition) is 4. The molecule has 4 aromatic rings. The summed E-state index contributed by atoms with van der Waals surface area (Å²) in [6.07, 6.45) is 6.90. The highest BCUT2D eigenvalue weighted by atomic mass is 16.5. The van der Waals surface area contributed by atoms with E-state index in [-0.39, 0.29) is 35.7 Å². The molecule has 60 heavy (non-hydrogen) atoms. The van der Waals surface area contributed by atoms with Crippen LogP contribution in [0.25, 0.3) is 33.6 Å². The minimum Gasteiger partial charge on any atom is -0.453 e. The molecule has 2 aromatic carbocycles. The largest absolute Gasteiger partial charge is 0.453 e. The quantitative estimate of drug-likeness (QED) is 0.125. The topological polar surface area (TPSA) is 184 Å². The summed E-state index contributed by atoms with van der Waals surface area (Å²) in [7, 11) is 2.59. The third kappa shape index (κ3) is 9.03. The smallest absolute Gasteiger partial charge is 0.407 e. The van der Waals surface area contributed by atoms with Gasteiger partial charge in [-0.15, -0.1) is 5.92 Å². The average molecular weight is 819 g/mol. The van der Waals surface area contributed by atoms with Gasteiger partial charge in [0.2, 0.25) is 11.8 Å². The fourth-order valence-electron chi connectivity index (χ4n) is 8.64. The zero-order chi connectivity index (χ0) is 42.3. The maximum absolute atomic E-state index is 14.0. The molecule has 0 radical (unpaired) electrons. The predicted molar refractivity (Wildman–Crippen MR) is 224 cm³/mol. The Morgan fingerprint density at radius 1 is 0.767 bits per heavy atom. The molecule has 15 heteroatoms. The number of alkyl carbamates (subject to hydrolysis) is 2. The number of aromatic amines is 2. The van der Waals surface area contributed by atoms with Gasteiger partial charge in [-0.2, -0.15) is 0 Å². The van der Waals surface area contributed by atoms with Gasteiger partial charge < -0.3 is 44.6 Å². The van der Waals surface area contributed by atoms with Crippen LogP contribution in [0, 0.1) is 23.7 Å². The zero-order valence-corrected chi connectivity index (χ0v) is 34.9. The molecular weight excluding hydrogens is 765 g/mol. The summed E-state index contributed by atoms with van der Waals surface area (Å²) in [5.41, 5.74) is 6.36. The second-order valence-corrected chi connectivity index (χ2v) is 15.9. The number of nitrogens with one attached hydrogen (secondary N) is 4. The van der Waals surface area contributed by atoms with Crippen molar-refractivity contribution in [1.29, 1.82) is 0 Å². The van der Waals surface area contributed by atoms with Crippen molar-refractivity contribution in [2.24, 2.45) is 11.8 Å². The van der Waals surface area contributed by atoms with Gasteiger partial charge in [-0.05, 0) is 80.0 Å². The molecule has 15 nitrogen and oxygen atoms in total. The first-order valence-corrected chi connectivity index (χ1v) is 20.8. The van der Waals surface area contributed by atoms with Crippen LogP contribution in [0.2, 0.25) is 0 Å². The number of nitrogens with zero attached hydrogens (tertiary/aromatic N) is 4. The van der Waals surface area contributed by atoms with E-state index in [1.165, 1.54) is 14.2 Å². The van der Waals surface area contributed by atoms with Crippen LogP contribution in [0.15, 0.2) is 54.9 Å². The van der Waals surface area contributed by atoms with E-state index in [1.807, 2.05) is 49.9 Å². The molecule has 3 aliphatic rings. The Balaban J connectivity index is 1.06.